The smallest absolute Gasteiger partial charge is 0.137 e. The highest BCUT2D eigenvalue weighted by molar-refractivity contribution is 7.99. The number of rotatable bonds is 5. The predicted octanol–water partition coefficient (Wildman–Crippen LogP) is 4.27. The number of nitrogens with one attached hydrogen (secondary N) is 1. The van der Waals surface area contributed by atoms with Crippen molar-refractivity contribution in [3.05, 3.63) is 53.8 Å². The van der Waals surface area contributed by atoms with E-state index in [0.29, 0.717) is 4.90 Å². The van der Waals surface area contributed by atoms with E-state index in [-0.39, 0.29) is 11.9 Å². The molecule has 0 spiro atoms. The highest BCUT2D eigenvalue weighted by Gasteiger charge is 2.09. The van der Waals surface area contributed by atoms with E-state index in [9.17, 15) is 4.39 Å². The van der Waals surface area contributed by atoms with Crippen LogP contribution in [0.2, 0.25) is 0 Å². The third-order valence-electron chi connectivity index (χ3n) is 3.18. The molecule has 2 aromatic carbocycles. The molecule has 2 aromatic rings. The van der Waals surface area contributed by atoms with E-state index in [4.69, 9.17) is 4.74 Å². The topological polar surface area (TPSA) is 21.3 Å². The summed E-state index contributed by atoms with van der Waals surface area (Å²) >= 11 is 1.41. The summed E-state index contributed by atoms with van der Waals surface area (Å²) < 4.78 is 19.2. The van der Waals surface area contributed by atoms with Crippen LogP contribution in [0, 0.1) is 5.82 Å². The van der Waals surface area contributed by atoms with Crippen molar-refractivity contribution in [2.24, 2.45) is 0 Å². The number of hydrogen-bond donors (Lipinski definition) is 1. The molecule has 0 aliphatic carbocycles. The van der Waals surface area contributed by atoms with Crippen LogP contribution in [0.1, 0.15) is 18.5 Å². The molecule has 0 aliphatic rings. The summed E-state index contributed by atoms with van der Waals surface area (Å²) in [5.41, 5.74) is 0.948. The van der Waals surface area contributed by atoms with Gasteiger partial charge in [0, 0.05) is 15.8 Å². The Bertz CT molecular complexity index is 571. The molecule has 106 valence electrons. The first-order valence-corrected chi connectivity index (χ1v) is 7.24. The lowest BCUT2D eigenvalue weighted by molar-refractivity contribution is 0.414. The van der Waals surface area contributed by atoms with Crippen molar-refractivity contribution < 1.29 is 9.13 Å². The molecular formula is C16H18FNOS. The molecule has 20 heavy (non-hydrogen) atoms. The van der Waals surface area contributed by atoms with Crippen molar-refractivity contribution in [2.45, 2.75) is 22.8 Å². The minimum atomic E-state index is -0.189. The molecule has 0 fully saturated rings. The number of methoxy groups -OCH3 is 1. The van der Waals surface area contributed by atoms with Crippen molar-refractivity contribution in [3.8, 4) is 5.75 Å². The molecule has 0 aromatic heterocycles. The van der Waals surface area contributed by atoms with E-state index in [1.807, 2.05) is 50.4 Å². The van der Waals surface area contributed by atoms with Crippen molar-refractivity contribution in [3.63, 3.8) is 0 Å². The van der Waals surface area contributed by atoms with Crippen LogP contribution in [0.15, 0.2) is 52.3 Å². The van der Waals surface area contributed by atoms with Crippen LogP contribution in [0.5, 0.6) is 5.75 Å². The van der Waals surface area contributed by atoms with Crippen LogP contribution in [0.3, 0.4) is 0 Å². The molecule has 2 nitrogen and oxygen atoms in total. The van der Waals surface area contributed by atoms with Gasteiger partial charge in [-0.25, -0.2) is 4.39 Å². The average molecular weight is 291 g/mol. The summed E-state index contributed by atoms with van der Waals surface area (Å²) in [4.78, 5) is 1.61. The maximum absolute atomic E-state index is 14.1. The Morgan fingerprint density at radius 2 is 1.85 bits per heavy atom. The highest BCUT2D eigenvalue weighted by Crippen LogP contribution is 2.32. The fourth-order valence-electron chi connectivity index (χ4n) is 1.81. The van der Waals surface area contributed by atoms with Gasteiger partial charge in [-0.1, -0.05) is 17.8 Å². The van der Waals surface area contributed by atoms with Crippen LogP contribution in [-0.2, 0) is 0 Å². The maximum Gasteiger partial charge on any atom is 0.137 e. The van der Waals surface area contributed by atoms with Crippen molar-refractivity contribution in [1.82, 2.24) is 5.32 Å². The van der Waals surface area contributed by atoms with Gasteiger partial charge >= 0.3 is 0 Å². The zero-order chi connectivity index (χ0) is 14.5. The second kappa shape index (κ2) is 6.77. The van der Waals surface area contributed by atoms with E-state index in [2.05, 4.69) is 5.32 Å². The van der Waals surface area contributed by atoms with Crippen LogP contribution < -0.4 is 10.1 Å². The van der Waals surface area contributed by atoms with Gasteiger partial charge in [0.05, 0.1) is 7.11 Å². The van der Waals surface area contributed by atoms with Gasteiger partial charge in [-0.15, -0.1) is 0 Å². The van der Waals surface area contributed by atoms with Gasteiger partial charge in [0.25, 0.3) is 0 Å². The molecular weight excluding hydrogens is 273 g/mol. The highest BCUT2D eigenvalue weighted by atomic mass is 32.2. The number of hydrogen-bond acceptors (Lipinski definition) is 3. The Morgan fingerprint density at radius 1 is 1.15 bits per heavy atom. The molecule has 0 aliphatic heterocycles. The molecule has 0 bridgehead atoms. The van der Waals surface area contributed by atoms with Gasteiger partial charge in [0.15, 0.2) is 0 Å². The molecule has 0 heterocycles. The summed E-state index contributed by atoms with van der Waals surface area (Å²) in [5, 5.41) is 3.10. The van der Waals surface area contributed by atoms with Crippen molar-refractivity contribution in [1.29, 1.82) is 0 Å². The zero-order valence-corrected chi connectivity index (χ0v) is 12.6. The third-order valence-corrected chi connectivity index (χ3v) is 4.24. The summed E-state index contributed by atoms with van der Waals surface area (Å²) in [7, 11) is 3.49. The van der Waals surface area contributed by atoms with Gasteiger partial charge < -0.3 is 10.1 Å². The second-order valence-corrected chi connectivity index (χ2v) is 5.59. The van der Waals surface area contributed by atoms with Gasteiger partial charge in [0.1, 0.15) is 11.6 Å². The predicted molar refractivity (Wildman–Crippen MR) is 81.0 cm³/mol. The molecule has 2 rings (SSSR count). The normalized spacial score (nSPS) is 12.2. The van der Waals surface area contributed by atoms with Gasteiger partial charge in [-0.05, 0) is 55.9 Å². The summed E-state index contributed by atoms with van der Waals surface area (Å²) in [5.74, 6) is 0.610. The summed E-state index contributed by atoms with van der Waals surface area (Å²) in [6.07, 6.45) is 0. The SMILES string of the molecule is CNC(C)c1ccc(Sc2ccc(OC)cc2)c(F)c1. The quantitative estimate of drug-likeness (QED) is 0.889. The lowest BCUT2D eigenvalue weighted by Gasteiger charge is -2.12. The monoisotopic (exact) mass is 291 g/mol. The van der Waals surface area contributed by atoms with E-state index in [0.717, 1.165) is 16.2 Å². The van der Waals surface area contributed by atoms with Crippen LogP contribution in [-0.4, -0.2) is 14.2 Å². The summed E-state index contributed by atoms with van der Waals surface area (Å²) in [6.45, 7) is 2.01. The van der Waals surface area contributed by atoms with Crippen LogP contribution in [0.25, 0.3) is 0 Å². The molecule has 4 heteroatoms. The Balaban J connectivity index is 2.16. The van der Waals surface area contributed by atoms with Crippen LogP contribution >= 0.6 is 11.8 Å². The Kier molecular flexibility index (Phi) is 5.04. The second-order valence-electron chi connectivity index (χ2n) is 4.48. The fraction of sp³-hybridized carbons (Fsp3) is 0.250. The van der Waals surface area contributed by atoms with Crippen molar-refractivity contribution >= 4 is 11.8 Å². The lowest BCUT2D eigenvalue weighted by Crippen LogP contribution is -2.12. The van der Waals surface area contributed by atoms with E-state index >= 15 is 0 Å². The molecule has 1 N–H and O–H groups in total. The third kappa shape index (κ3) is 3.52. The number of benzene rings is 2. The number of ether oxygens (including phenoxy) is 1. The Hall–Kier alpha value is -1.52. The first-order chi connectivity index (χ1) is 9.63. The van der Waals surface area contributed by atoms with Crippen molar-refractivity contribution in [2.75, 3.05) is 14.2 Å². The molecule has 0 saturated carbocycles. The first-order valence-electron chi connectivity index (χ1n) is 6.42. The Morgan fingerprint density at radius 3 is 2.40 bits per heavy atom. The molecule has 0 saturated heterocycles. The molecule has 1 atom stereocenters. The fourth-order valence-corrected chi connectivity index (χ4v) is 2.63. The van der Waals surface area contributed by atoms with Gasteiger partial charge in [-0.2, -0.15) is 0 Å². The minimum absolute atomic E-state index is 0.143. The maximum atomic E-state index is 14.1. The van der Waals surface area contributed by atoms with Gasteiger partial charge in [0.2, 0.25) is 0 Å². The average Bonchev–Trinajstić information content (AvgIpc) is 2.49. The van der Waals surface area contributed by atoms with E-state index in [1.54, 1.807) is 13.2 Å². The Labute approximate surface area is 123 Å². The minimum Gasteiger partial charge on any atom is -0.497 e. The van der Waals surface area contributed by atoms with Gasteiger partial charge in [-0.3, -0.25) is 0 Å². The lowest BCUT2D eigenvalue weighted by atomic mass is 10.1. The largest absolute Gasteiger partial charge is 0.497 e. The molecule has 1 unspecified atom stereocenters. The summed E-state index contributed by atoms with van der Waals surface area (Å²) in [6, 6.07) is 13.1. The first kappa shape index (κ1) is 14.9. The number of halogens is 1. The van der Waals surface area contributed by atoms with Crippen LogP contribution in [0.4, 0.5) is 4.39 Å². The standard InChI is InChI=1S/C16H18FNOS/c1-11(18-2)12-4-9-16(15(17)10-12)20-14-7-5-13(19-3)6-8-14/h4-11,18H,1-3H3. The molecule has 0 amide bonds. The van der Waals surface area contributed by atoms with E-state index < -0.39 is 0 Å². The van der Waals surface area contributed by atoms with E-state index in [1.165, 1.54) is 11.8 Å². The molecule has 0 radical (unpaired) electrons. The zero-order valence-electron chi connectivity index (χ0n) is 11.8.